The van der Waals surface area contributed by atoms with Crippen molar-refractivity contribution in [2.75, 3.05) is 5.32 Å². The summed E-state index contributed by atoms with van der Waals surface area (Å²) >= 11 is 0. The number of aliphatic hydroxyl groups excluding tert-OH is 1. The third-order valence-electron chi connectivity index (χ3n) is 6.80. The van der Waals surface area contributed by atoms with Crippen molar-refractivity contribution in [3.05, 3.63) is 76.5 Å². The standard InChI is InChI=1S/C26H20F3N3O5/c27-26(28,29)17-9-12(1-2-13(17)11-33)25(35)32-22-21-16-10-14(3-5-18(16)37-23(21)22)36-19-7-8-30-24-15(19)4-6-20(34)31-24/h1-3,5,7-10,21-23,33H,4,6,11H2,(H,32,35)(H,30,31,34)/t21-,22+,23-/m0/s1. The number of ether oxygens (including phenoxy) is 2. The summed E-state index contributed by atoms with van der Waals surface area (Å²) in [6.07, 6.45) is -2.62. The molecule has 190 valence electrons. The summed E-state index contributed by atoms with van der Waals surface area (Å²) in [6.45, 7) is -0.782. The fourth-order valence-electron chi connectivity index (χ4n) is 4.91. The molecule has 3 atom stereocenters. The number of benzene rings is 2. The molecule has 11 heteroatoms. The Balaban J connectivity index is 1.18. The van der Waals surface area contributed by atoms with Crippen LogP contribution in [-0.4, -0.2) is 34.1 Å². The average molecular weight is 511 g/mol. The van der Waals surface area contributed by atoms with Gasteiger partial charge in [-0.3, -0.25) is 9.59 Å². The molecule has 6 rings (SSSR count). The highest BCUT2D eigenvalue weighted by Gasteiger charge is 2.59. The predicted molar refractivity (Wildman–Crippen MR) is 123 cm³/mol. The van der Waals surface area contributed by atoms with Gasteiger partial charge in [0.1, 0.15) is 29.2 Å². The van der Waals surface area contributed by atoms with Crippen molar-refractivity contribution >= 4 is 17.6 Å². The normalized spacial score (nSPS) is 21.2. The van der Waals surface area contributed by atoms with Gasteiger partial charge < -0.3 is 25.2 Å². The quantitative estimate of drug-likeness (QED) is 0.479. The van der Waals surface area contributed by atoms with Crippen LogP contribution in [0.5, 0.6) is 17.2 Å². The molecular formula is C26H20F3N3O5. The van der Waals surface area contributed by atoms with Crippen LogP contribution in [0, 0.1) is 0 Å². The molecule has 0 bridgehead atoms. The number of anilines is 1. The first-order valence-corrected chi connectivity index (χ1v) is 11.6. The summed E-state index contributed by atoms with van der Waals surface area (Å²) in [6, 6.07) is 9.78. The van der Waals surface area contributed by atoms with Crippen molar-refractivity contribution < 1.29 is 37.3 Å². The zero-order valence-corrected chi connectivity index (χ0v) is 19.1. The predicted octanol–water partition coefficient (Wildman–Crippen LogP) is 3.93. The lowest BCUT2D eigenvalue weighted by atomic mass is 10.0. The number of amides is 2. The van der Waals surface area contributed by atoms with Crippen molar-refractivity contribution in [3.63, 3.8) is 0 Å². The Hall–Kier alpha value is -4.12. The molecule has 0 saturated heterocycles. The number of carbonyl (C=O) groups is 2. The van der Waals surface area contributed by atoms with E-state index in [1.807, 2.05) is 6.07 Å². The van der Waals surface area contributed by atoms with Gasteiger partial charge >= 0.3 is 6.18 Å². The van der Waals surface area contributed by atoms with Crippen LogP contribution in [0.1, 0.15) is 45.0 Å². The second kappa shape index (κ2) is 8.48. The van der Waals surface area contributed by atoms with Crippen LogP contribution in [0.25, 0.3) is 0 Å². The van der Waals surface area contributed by atoms with E-state index in [9.17, 15) is 27.9 Å². The zero-order chi connectivity index (χ0) is 25.9. The van der Waals surface area contributed by atoms with Gasteiger partial charge in [-0.2, -0.15) is 13.2 Å². The van der Waals surface area contributed by atoms with Crippen LogP contribution in [0.15, 0.2) is 48.7 Å². The summed E-state index contributed by atoms with van der Waals surface area (Å²) < 4.78 is 52.0. The molecule has 3 aliphatic rings. The van der Waals surface area contributed by atoms with Gasteiger partial charge in [-0.15, -0.1) is 0 Å². The van der Waals surface area contributed by atoms with Gasteiger partial charge in [0, 0.05) is 29.3 Å². The Kier molecular flexibility index (Phi) is 5.34. The lowest BCUT2D eigenvalue weighted by Crippen LogP contribution is -2.30. The van der Waals surface area contributed by atoms with Crippen molar-refractivity contribution in [2.24, 2.45) is 0 Å². The fraction of sp³-hybridized carbons (Fsp3) is 0.269. The summed E-state index contributed by atoms with van der Waals surface area (Å²) in [5.41, 5.74) is 0.144. The number of aliphatic hydroxyl groups is 1. The number of fused-ring (bicyclic) bond motifs is 4. The zero-order valence-electron chi connectivity index (χ0n) is 19.1. The number of aromatic nitrogens is 1. The molecule has 0 radical (unpaired) electrons. The maximum atomic E-state index is 13.3. The first-order chi connectivity index (χ1) is 17.7. The molecule has 3 aromatic rings. The number of nitrogens with one attached hydrogen (secondary N) is 2. The highest BCUT2D eigenvalue weighted by molar-refractivity contribution is 5.95. The molecule has 1 aromatic heterocycles. The first kappa shape index (κ1) is 23.3. The van der Waals surface area contributed by atoms with E-state index < -0.39 is 30.3 Å². The van der Waals surface area contributed by atoms with Gasteiger partial charge in [0.05, 0.1) is 24.1 Å². The summed E-state index contributed by atoms with van der Waals surface area (Å²) in [5, 5.41) is 14.7. The van der Waals surface area contributed by atoms with E-state index in [2.05, 4.69) is 15.6 Å². The average Bonchev–Trinajstić information content (AvgIpc) is 3.39. The minimum Gasteiger partial charge on any atom is -0.487 e. The molecule has 8 nitrogen and oxygen atoms in total. The third kappa shape index (κ3) is 4.14. The SMILES string of the molecule is O=C1CCc2c(Oc3ccc4c(c3)[C@H]3[C@@H](NC(=O)c5ccc(CO)c(C(F)(F)F)c5)[C@H]3O4)ccnc2N1. The number of hydrogen-bond donors (Lipinski definition) is 3. The Morgan fingerprint density at radius 1 is 1.19 bits per heavy atom. The van der Waals surface area contributed by atoms with Gasteiger partial charge in [-0.1, -0.05) is 6.07 Å². The summed E-state index contributed by atoms with van der Waals surface area (Å²) in [5.74, 6) is 1.34. The van der Waals surface area contributed by atoms with E-state index in [0.717, 1.165) is 23.3 Å². The van der Waals surface area contributed by atoms with Gasteiger partial charge in [0.15, 0.2) is 0 Å². The molecule has 0 spiro atoms. The minimum absolute atomic E-state index is 0.0985. The monoisotopic (exact) mass is 511 g/mol. The molecule has 1 aliphatic carbocycles. The lowest BCUT2D eigenvalue weighted by Gasteiger charge is -2.19. The molecule has 37 heavy (non-hydrogen) atoms. The van der Waals surface area contributed by atoms with E-state index >= 15 is 0 Å². The highest BCUT2D eigenvalue weighted by Crippen LogP contribution is 2.54. The second-order valence-electron chi connectivity index (χ2n) is 9.12. The smallest absolute Gasteiger partial charge is 0.416 e. The lowest BCUT2D eigenvalue weighted by molar-refractivity contribution is -0.138. The van der Waals surface area contributed by atoms with Crippen LogP contribution >= 0.6 is 0 Å². The Bertz CT molecular complexity index is 1440. The molecule has 3 N–H and O–H groups in total. The molecule has 0 unspecified atom stereocenters. The molecule has 3 heterocycles. The highest BCUT2D eigenvalue weighted by atomic mass is 19.4. The maximum absolute atomic E-state index is 13.3. The van der Waals surface area contributed by atoms with Crippen molar-refractivity contribution in [1.29, 1.82) is 0 Å². The van der Waals surface area contributed by atoms with E-state index in [0.29, 0.717) is 35.9 Å². The molecule has 1 saturated carbocycles. The first-order valence-electron chi connectivity index (χ1n) is 11.6. The Morgan fingerprint density at radius 2 is 2.03 bits per heavy atom. The largest absolute Gasteiger partial charge is 0.487 e. The fourth-order valence-corrected chi connectivity index (χ4v) is 4.91. The number of pyridine rings is 1. The second-order valence-corrected chi connectivity index (χ2v) is 9.12. The van der Waals surface area contributed by atoms with Crippen LogP contribution in [0.2, 0.25) is 0 Å². The summed E-state index contributed by atoms with van der Waals surface area (Å²) in [4.78, 5) is 28.6. The number of alkyl halides is 3. The minimum atomic E-state index is -4.69. The van der Waals surface area contributed by atoms with Crippen LogP contribution in [0.4, 0.5) is 19.0 Å². The van der Waals surface area contributed by atoms with E-state index in [1.165, 1.54) is 6.07 Å². The van der Waals surface area contributed by atoms with Gasteiger partial charge in [0.25, 0.3) is 5.91 Å². The van der Waals surface area contributed by atoms with Crippen LogP contribution in [0.3, 0.4) is 0 Å². The van der Waals surface area contributed by atoms with Crippen molar-refractivity contribution in [3.8, 4) is 17.2 Å². The Labute approximate surface area is 208 Å². The van der Waals surface area contributed by atoms with Crippen LogP contribution < -0.4 is 20.1 Å². The van der Waals surface area contributed by atoms with Crippen LogP contribution in [-0.2, 0) is 24.0 Å². The van der Waals surface area contributed by atoms with E-state index in [1.54, 1.807) is 24.4 Å². The molecule has 1 fully saturated rings. The topological polar surface area (TPSA) is 110 Å². The van der Waals surface area contributed by atoms with Gasteiger partial charge in [0.2, 0.25) is 5.91 Å². The number of carbonyl (C=O) groups excluding carboxylic acids is 2. The maximum Gasteiger partial charge on any atom is 0.416 e. The number of nitrogens with zero attached hydrogens (tertiary/aromatic N) is 1. The van der Waals surface area contributed by atoms with E-state index in [4.69, 9.17) is 9.47 Å². The molecule has 2 aliphatic heterocycles. The third-order valence-corrected chi connectivity index (χ3v) is 6.80. The molecule has 2 aromatic carbocycles. The van der Waals surface area contributed by atoms with Gasteiger partial charge in [-0.05, 0) is 48.4 Å². The Morgan fingerprint density at radius 3 is 2.81 bits per heavy atom. The van der Waals surface area contributed by atoms with Crippen molar-refractivity contribution in [2.45, 2.75) is 43.7 Å². The summed E-state index contributed by atoms with van der Waals surface area (Å²) in [7, 11) is 0. The van der Waals surface area contributed by atoms with E-state index in [-0.39, 0.29) is 29.1 Å². The number of hydrogen-bond acceptors (Lipinski definition) is 6. The van der Waals surface area contributed by atoms with Crippen molar-refractivity contribution in [1.82, 2.24) is 10.3 Å². The molecular weight excluding hydrogens is 491 g/mol. The molecule has 2 amide bonds. The number of halogens is 3. The number of rotatable bonds is 5. The van der Waals surface area contributed by atoms with Gasteiger partial charge in [-0.25, -0.2) is 4.98 Å².